The highest BCUT2D eigenvalue weighted by Crippen LogP contribution is 2.19. The quantitative estimate of drug-likeness (QED) is 0.748. The Bertz CT molecular complexity index is 847. The molecule has 1 N–H and O–H groups in total. The van der Waals surface area contributed by atoms with Gasteiger partial charge in [-0.2, -0.15) is 0 Å². The number of sulfonamides is 1. The molecule has 5 nitrogen and oxygen atoms in total. The summed E-state index contributed by atoms with van der Waals surface area (Å²) in [6, 6.07) is 14.6. The molecule has 0 radical (unpaired) electrons. The maximum Gasteiger partial charge on any atom is 0.242 e. The topological polar surface area (TPSA) is 66.5 Å². The minimum absolute atomic E-state index is 0.0729. The number of hydrogen-bond donors (Lipinski definition) is 1. The van der Waals surface area contributed by atoms with E-state index >= 15 is 0 Å². The van der Waals surface area contributed by atoms with Gasteiger partial charge in [0.05, 0.1) is 10.6 Å². The average Bonchev–Trinajstić information content (AvgIpc) is 2.62. The molecule has 0 bridgehead atoms. The zero-order chi connectivity index (χ0) is 19.2. The van der Waals surface area contributed by atoms with Crippen molar-refractivity contribution in [3.05, 3.63) is 59.7 Å². The third kappa shape index (κ3) is 5.59. The van der Waals surface area contributed by atoms with Crippen molar-refractivity contribution in [1.82, 2.24) is 4.31 Å². The maximum absolute atomic E-state index is 12.2. The fourth-order valence-electron chi connectivity index (χ4n) is 2.29. The van der Waals surface area contributed by atoms with Crippen LogP contribution in [-0.4, -0.2) is 38.5 Å². The third-order valence-corrected chi connectivity index (χ3v) is 6.64. The van der Waals surface area contributed by atoms with Crippen molar-refractivity contribution >= 4 is 33.4 Å². The van der Waals surface area contributed by atoms with Gasteiger partial charge in [0, 0.05) is 25.5 Å². The zero-order valence-corrected chi connectivity index (χ0v) is 16.9. The van der Waals surface area contributed by atoms with Crippen LogP contribution in [-0.2, 0) is 27.0 Å². The molecule has 2 aromatic carbocycles. The molecule has 0 aliphatic rings. The second kappa shape index (κ2) is 9.21. The monoisotopic (exact) mass is 392 g/mol. The van der Waals surface area contributed by atoms with Crippen LogP contribution in [0.4, 0.5) is 5.69 Å². The van der Waals surface area contributed by atoms with Crippen molar-refractivity contribution in [2.75, 3.05) is 25.2 Å². The molecule has 0 saturated heterocycles. The Kier molecular flexibility index (Phi) is 7.25. The molecule has 0 saturated carbocycles. The summed E-state index contributed by atoms with van der Waals surface area (Å²) in [6.07, 6.45) is 0.965. The van der Waals surface area contributed by atoms with Gasteiger partial charge in [-0.15, -0.1) is 11.8 Å². The van der Waals surface area contributed by atoms with Gasteiger partial charge in [0.25, 0.3) is 0 Å². The van der Waals surface area contributed by atoms with E-state index in [1.54, 1.807) is 18.2 Å². The Morgan fingerprint density at radius 1 is 1.08 bits per heavy atom. The number of benzene rings is 2. The standard InChI is InChI=1S/C19H24N2O3S2/c1-4-15-8-10-17(11-9-15)20-19(22)14-25-13-16-6-5-7-18(12-16)26(23,24)21(2)3/h5-12H,4,13-14H2,1-3H3,(H,20,22). The van der Waals surface area contributed by atoms with Crippen molar-refractivity contribution in [2.24, 2.45) is 0 Å². The molecule has 140 valence electrons. The Hall–Kier alpha value is -1.83. The van der Waals surface area contributed by atoms with Crippen molar-refractivity contribution in [2.45, 2.75) is 24.0 Å². The van der Waals surface area contributed by atoms with Gasteiger partial charge >= 0.3 is 0 Å². The molecule has 0 heterocycles. The minimum atomic E-state index is -3.44. The molecule has 0 aliphatic carbocycles. The fourth-order valence-corrected chi connectivity index (χ4v) is 4.04. The van der Waals surface area contributed by atoms with Crippen molar-refractivity contribution in [3.8, 4) is 0 Å². The molecule has 0 aromatic heterocycles. The third-order valence-electron chi connectivity index (χ3n) is 3.82. The minimum Gasteiger partial charge on any atom is -0.325 e. The van der Waals surface area contributed by atoms with Gasteiger partial charge in [0.15, 0.2) is 0 Å². The highest BCUT2D eigenvalue weighted by molar-refractivity contribution is 7.99. The first kappa shape index (κ1) is 20.5. The summed E-state index contributed by atoms with van der Waals surface area (Å²) in [5.74, 6) is 0.801. The average molecular weight is 393 g/mol. The Balaban J connectivity index is 1.88. The first-order valence-electron chi connectivity index (χ1n) is 8.31. The molecule has 0 atom stereocenters. The lowest BCUT2D eigenvalue weighted by atomic mass is 10.1. The molecular weight excluding hydrogens is 368 g/mol. The predicted octanol–water partition coefficient (Wildman–Crippen LogP) is 3.37. The van der Waals surface area contributed by atoms with Crippen molar-refractivity contribution in [1.29, 1.82) is 0 Å². The summed E-state index contributed by atoms with van der Waals surface area (Å²) in [7, 11) is -0.426. The van der Waals surface area contributed by atoms with E-state index in [-0.39, 0.29) is 10.8 Å². The van der Waals surface area contributed by atoms with Crippen LogP contribution in [0.25, 0.3) is 0 Å². The molecule has 26 heavy (non-hydrogen) atoms. The first-order valence-corrected chi connectivity index (χ1v) is 10.9. The first-order chi connectivity index (χ1) is 12.3. The van der Waals surface area contributed by atoms with Crippen molar-refractivity contribution < 1.29 is 13.2 Å². The van der Waals surface area contributed by atoms with E-state index in [0.29, 0.717) is 11.5 Å². The molecule has 0 aliphatic heterocycles. The molecule has 0 spiro atoms. The number of carbonyl (C=O) groups is 1. The van der Waals surface area contributed by atoms with Gasteiger partial charge in [0.1, 0.15) is 0 Å². The van der Waals surface area contributed by atoms with E-state index in [0.717, 1.165) is 17.7 Å². The second-order valence-corrected chi connectivity index (χ2v) is 9.16. The fraction of sp³-hybridized carbons (Fsp3) is 0.316. The van der Waals surface area contributed by atoms with Crippen LogP contribution in [0.5, 0.6) is 0 Å². The van der Waals surface area contributed by atoms with E-state index in [4.69, 9.17) is 0 Å². The lowest BCUT2D eigenvalue weighted by molar-refractivity contribution is -0.113. The summed E-state index contributed by atoms with van der Waals surface area (Å²) in [6.45, 7) is 2.09. The lowest BCUT2D eigenvalue weighted by Crippen LogP contribution is -2.22. The van der Waals surface area contributed by atoms with Gasteiger partial charge < -0.3 is 5.32 Å². The van der Waals surface area contributed by atoms with Gasteiger partial charge in [-0.25, -0.2) is 12.7 Å². The van der Waals surface area contributed by atoms with Crippen LogP contribution in [0.2, 0.25) is 0 Å². The Labute approximate surface area is 159 Å². The zero-order valence-electron chi connectivity index (χ0n) is 15.2. The molecule has 2 aromatic rings. The van der Waals surface area contributed by atoms with Crippen LogP contribution in [0.15, 0.2) is 53.4 Å². The van der Waals surface area contributed by atoms with E-state index in [9.17, 15) is 13.2 Å². The largest absolute Gasteiger partial charge is 0.325 e. The number of amides is 1. The molecule has 0 fully saturated rings. The summed E-state index contributed by atoms with van der Waals surface area (Å²) < 4.78 is 25.5. The molecule has 7 heteroatoms. The number of nitrogens with zero attached hydrogens (tertiary/aromatic N) is 1. The maximum atomic E-state index is 12.2. The highest BCUT2D eigenvalue weighted by atomic mass is 32.2. The normalized spacial score (nSPS) is 11.5. The SMILES string of the molecule is CCc1ccc(NC(=O)CSCc2cccc(S(=O)(=O)N(C)C)c2)cc1. The smallest absolute Gasteiger partial charge is 0.242 e. The molecule has 1 amide bonds. The predicted molar refractivity (Wildman–Crippen MR) is 108 cm³/mol. The van der Waals surface area contributed by atoms with E-state index < -0.39 is 10.0 Å². The summed E-state index contributed by atoms with van der Waals surface area (Å²) in [5, 5.41) is 2.87. The number of aryl methyl sites for hydroxylation is 1. The molecule has 0 unspecified atom stereocenters. The molecular formula is C19H24N2O3S2. The number of carbonyl (C=O) groups excluding carboxylic acids is 1. The van der Waals surface area contributed by atoms with Gasteiger partial charge in [-0.1, -0.05) is 31.2 Å². The van der Waals surface area contributed by atoms with E-state index in [1.807, 2.05) is 30.3 Å². The number of thioether (sulfide) groups is 1. The van der Waals surface area contributed by atoms with Crippen molar-refractivity contribution in [3.63, 3.8) is 0 Å². The van der Waals surface area contributed by atoms with E-state index in [1.165, 1.54) is 35.7 Å². The summed E-state index contributed by atoms with van der Waals surface area (Å²) in [5.41, 5.74) is 2.88. The second-order valence-electron chi connectivity index (χ2n) is 6.03. The number of rotatable bonds is 8. The van der Waals surface area contributed by atoms with Crippen LogP contribution in [0.3, 0.4) is 0 Å². The van der Waals surface area contributed by atoms with Crippen LogP contribution >= 0.6 is 11.8 Å². The number of anilines is 1. The van der Waals surface area contributed by atoms with Crippen LogP contribution in [0, 0.1) is 0 Å². The number of hydrogen-bond acceptors (Lipinski definition) is 4. The van der Waals surface area contributed by atoms with Gasteiger partial charge in [-0.3, -0.25) is 4.79 Å². The Morgan fingerprint density at radius 2 is 1.77 bits per heavy atom. The number of nitrogens with one attached hydrogen (secondary N) is 1. The lowest BCUT2D eigenvalue weighted by Gasteiger charge is -2.12. The van der Waals surface area contributed by atoms with E-state index in [2.05, 4.69) is 12.2 Å². The van der Waals surface area contributed by atoms with Crippen LogP contribution in [0.1, 0.15) is 18.1 Å². The van der Waals surface area contributed by atoms with Gasteiger partial charge in [0.2, 0.25) is 15.9 Å². The summed E-state index contributed by atoms with van der Waals surface area (Å²) >= 11 is 1.45. The summed E-state index contributed by atoms with van der Waals surface area (Å²) in [4.78, 5) is 12.3. The molecule has 2 rings (SSSR count). The van der Waals surface area contributed by atoms with Crippen LogP contribution < -0.4 is 5.32 Å². The van der Waals surface area contributed by atoms with Gasteiger partial charge in [-0.05, 0) is 41.8 Å². The highest BCUT2D eigenvalue weighted by Gasteiger charge is 2.17. The Morgan fingerprint density at radius 3 is 2.38 bits per heavy atom.